The van der Waals surface area contributed by atoms with Crippen molar-refractivity contribution in [2.24, 2.45) is 23.7 Å². The van der Waals surface area contributed by atoms with Crippen molar-refractivity contribution < 1.29 is 29.6 Å². The fourth-order valence-corrected chi connectivity index (χ4v) is 6.23. The van der Waals surface area contributed by atoms with Gasteiger partial charge in [-0.2, -0.15) is 0 Å². The van der Waals surface area contributed by atoms with Crippen LogP contribution in [-0.2, 0) is 14.3 Å². The van der Waals surface area contributed by atoms with Gasteiger partial charge in [0.05, 0.1) is 23.9 Å². The third-order valence-electron chi connectivity index (χ3n) is 7.74. The molecule has 9 atom stereocenters. The van der Waals surface area contributed by atoms with E-state index >= 15 is 0 Å². The van der Waals surface area contributed by atoms with Crippen LogP contribution in [0.25, 0.3) is 0 Å². The summed E-state index contributed by atoms with van der Waals surface area (Å²) in [4.78, 5) is 12.5. The Kier molecular flexibility index (Phi) is 6.74. The van der Waals surface area contributed by atoms with Crippen molar-refractivity contribution in [1.29, 1.82) is 0 Å². The van der Waals surface area contributed by atoms with E-state index in [1.165, 1.54) is 0 Å². The highest BCUT2D eigenvalue weighted by Crippen LogP contribution is 2.56. The second kappa shape index (κ2) is 8.53. The average Bonchev–Trinajstić information content (AvgIpc) is 2.99. The second-order valence-corrected chi connectivity index (χ2v) is 10.6. The topological polar surface area (TPSA) is 96.2 Å². The fourth-order valence-electron chi connectivity index (χ4n) is 6.23. The van der Waals surface area contributed by atoms with Gasteiger partial charge < -0.3 is 24.8 Å². The number of carbonyl (C=O) groups excluding carboxylic acids is 1. The van der Waals surface area contributed by atoms with Crippen LogP contribution in [-0.4, -0.2) is 56.9 Å². The Hall–Kier alpha value is -0.950. The summed E-state index contributed by atoms with van der Waals surface area (Å²) in [6.07, 6.45) is 0.274. The van der Waals surface area contributed by atoms with E-state index in [9.17, 15) is 20.1 Å². The van der Waals surface area contributed by atoms with Gasteiger partial charge in [0.15, 0.2) is 0 Å². The van der Waals surface area contributed by atoms with E-state index in [-0.39, 0.29) is 42.2 Å². The molecule has 3 aliphatic rings. The molecule has 6 nitrogen and oxygen atoms in total. The summed E-state index contributed by atoms with van der Waals surface area (Å²) in [7, 11) is 0. The molecular formula is C24H40O6. The van der Waals surface area contributed by atoms with Crippen LogP contribution >= 0.6 is 0 Å². The molecule has 3 fully saturated rings. The van der Waals surface area contributed by atoms with Crippen molar-refractivity contribution in [3.63, 3.8) is 0 Å². The summed E-state index contributed by atoms with van der Waals surface area (Å²) in [5, 5.41) is 32.7. The highest BCUT2D eigenvalue weighted by atomic mass is 16.6. The number of rotatable bonds is 4. The van der Waals surface area contributed by atoms with Gasteiger partial charge in [0.25, 0.3) is 0 Å². The molecule has 6 heteroatoms. The molecule has 0 amide bonds. The lowest BCUT2D eigenvalue weighted by Gasteiger charge is -2.47. The summed E-state index contributed by atoms with van der Waals surface area (Å²) in [5.41, 5.74) is -1.34. The highest BCUT2D eigenvalue weighted by molar-refractivity contribution is 5.69. The van der Waals surface area contributed by atoms with Crippen LogP contribution in [0.5, 0.6) is 0 Å². The summed E-state index contributed by atoms with van der Waals surface area (Å²) >= 11 is 0. The molecule has 3 rings (SSSR count). The van der Waals surface area contributed by atoms with Crippen LogP contribution in [0.1, 0.15) is 73.1 Å². The molecular weight excluding hydrogens is 384 g/mol. The van der Waals surface area contributed by atoms with Crippen molar-refractivity contribution in [2.75, 3.05) is 0 Å². The molecule has 0 aromatic heterocycles. The molecule has 1 aliphatic carbocycles. The number of aliphatic hydroxyl groups is 3. The molecule has 2 aliphatic heterocycles. The maximum atomic E-state index is 12.5. The number of hydrogen-bond donors (Lipinski definition) is 3. The zero-order valence-corrected chi connectivity index (χ0v) is 19.1. The SMILES string of the molecule is C=C1CC(O)C(C(C)C)C2C1C1CC(C)(O)C(O)CCC(C)(OC(=O)CCC)C2O1. The molecule has 2 saturated heterocycles. The maximum absolute atomic E-state index is 12.5. The first-order valence-corrected chi connectivity index (χ1v) is 11.5. The molecule has 3 N–H and O–H groups in total. The van der Waals surface area contributed by atoms with Gasteiger partial charge in [0, 0.05) is 24.7 Å². The van der Waals surface area contributed by atoms with Crippen molar-refractivity contribution in [2.45, 2.75) is 109 Å². The van der Waals surface area contributed by atoms with E-state index in [0.29, 0.717) is 32.1 Å². The van der Waals surface area contributed by atoms with Crippen LogP contribution in [0, 0.1) is 23.7 Å². The van der Waals surface area contributed by atoms with Crippen molar-refractivity contribution in [1.82, 2.24) is 0 Å². The first-order chi connectivity index (χ1) is 13.9. The van der Waals surface area contributed by atoms with Crippen LogP contribution in [0.4, 0.5) is 0 Å². The minimum atomic E-state index is -1.31. The Morgan fingerprint density at radius 3 is 2.60 bits per heavy atom. The van der Waals surface area contributed by atoms with Crippen LogP contribution < -0.4 is 0 Å². The lowest BCUT2D eigenvalue weighted by Crippen LogP contribution is -2.54. The largest absolute Gasteiger partial charge is 0.457 e. The number of aliphatic hydroxyl groups excluding tert-OH is 2. The molecule has 0 aromatic rings. The average molecular weight is 425 g/mol. The Morgan fingerprint density at radius 2 is 2.00 bits per heavy atom. The number of esters is 1. The fraction of sp³-hybridized carbons (Fsp3) is 0.875. The van der Waals surface area contributed by atoms with Crippen molar-refractivity contribution in [3.8, 4) is 0 Å². The minimum absolute atomic E-state index is 0.0194. The van der Waals surface area contributed by atoms with Crippen molar-refractivity contribution >= 4 is 5.97 Å². The van der Waals surface area contributed by atoms with Crippen molar-refractivity contribution in [3.05, 3.63) is 12.2 Å². The van der Waals surface area contributed by atoms with E-state index in [1.807, 2.05) is 13.8 Å². The zero-order chi connectivity index (χ0) is 22.4. The number of fused-ring (bicyclic) bond motifs is 5. The molecule has 30 heavy (non-hydrogen) atoms. The first kappa shape index (κ1) is 23.7. The van der Waals surface area contributed by atoms with Gasteiger partial charge in [0.1, 0.15) is 11.7 Å². The molecule has 172 valence electrons. The zero-order valence-electron chi connectivity index (χ0n) is 19.1. The van der Waals surface area contributed by atoms with E-state index < -0.39 is 29.5 Å². The third-order valence-corrected chi connectivity index (χ3v) is 7.74. The second-order valence-electron chi connectivity index (χ2n) is 10.6. The maximum Gasteiger partial charge on any atom is 0.306 e. The number of hydrogen-bond acceptors (Lipinski definition) is 6. The van der Waals surface area contributed by atoms with Crippen LogP contribution in [0.3, 0.4) is 0 Å². The Morgan fingerprint density at radius 1 is 1.33 bits per heavy atom. The standard InChI is InChI=1S/C24H40O6/c1-7-8-18(27)30-24(6)10-9-17(26)23(5,28)12-16-20-14(4)11-15(25)19(13(2)3)21(20)22(24)29-16/h13,15-17,19-22,25-26,28H,4,7-12H2,1-3,5-6H3. The third kappa shape index (κ3) is 4.21. The lowest BCUT2D eigenvalue weighted by atomic mass is 9.59. The van der Waals surface area contributed by atoms with E-state index in [0.717, 1.165) is 5.57 Å². The lowest BCUT2D eigenvalue weighted by molar-refractivity contribution is -0.183. The number of carbonyl (C=O) groups is 1. The molecule has 2 heterocycles. The first-order valence-electron chi connectivity index (χ1n) is 11.5. The van der Waals surface area contributed by atoms with E-state index in [2.05, 4.69) is 20.4 Å². The molecule has 0 spiro atoms. The predicted octanol–water partition coefficient (Wildman–Crippen LogP) is 2.98. The van der Waals surface area contributed by atoms with E-state index in [4.69, 9.17) is 9.47 Å². The molecule has 0 aromatic carbocycles. The molecule has 0 radical (unpaired) electrons. The Bertz CT molecular complexity index is 658. The van der Waals surface area contributed by atoms with Gasteiger partial charge in [0.2, 0.25) is 0 Å². The Balaban J connectivity index is 2.07. The summed E-state index contributed by atoms with van der Waals surface area (Å²) in [6, 6.07) is 0. The van der Waals surface area contributed by atoms with E-state index in [1.54, 1.807) is 6.92 Å². The van der Waals surface area contributed by atoms with Gasteiger partial charge in [-0.1, -0.05) is 32.9 Å². The quantitative estimate of drug-likeness (QED) is 0.474. The molecule has 1 saturated carbocycles. The monoisotopic (exact) mass is 424 g/mol. The summed E-state index contributed by atoms with van der Waals surface area (Å²) in [6.45, 7) is 13.9. The van der Waals surface area contributed by atoms with Gasteiger partial charge in [-0.3, -0.25) is 4.79 Å². The van der Waals surface area contributed by atoms with Crippen LogP contribution in [0.2, 0.25) is 0 Å². The number of ether oxygens (including phenoxy) is 2. The predicted molar refractivity (Wildman–Crippen MR) is 114 cm³/mol. The highest BCUT2D eigenvalue weighted by Gasteiger charge is 2.61. The van der Waals surface area contributed by atoms with Gasteiger partial charge in [-0.05, 0) is 51.4 Å². The van der Waals surface area contributed by atoms with Gasteiger partial charge >= 0.3 is 5.97 Å². The summed E-state index contributed by atoms with van der Waals surface area (Å²) in [5.74, 6) is -0.187. The van der Waals surface area contributed by atoms with Gasteiger partial charge in [-0.25, -0.2) is 0 Å². The van der Waals surface area contributed by atoms with Gasteiger partial charge in [-0.15, -0.1) is 0 Å². The van der Waals surface area contributed by atoms with Crippen LogP contribution in [0.15, 0.2) is 12.2 Å². The Labute approximate surface area is 180 Å². The minimum Gasteiger partial charge on any atom is -0.457 e. The summed E-state index contributed by atoms with van der Waals surface area (Å²) < 4.78 is 12.6. The smallest absolute Gasteiger partial charge is 0.306 e. The molecule has 9 unspecified atom stereocenters. The normalized spacial score (nSPS) is 46.7. The molecule has 2 bridgehead atoms.